The molecular formula is C33H33ClF2N5O7P. The molecule has 2 aromatic carbocycles. The van der Waals surface area contributed by atoms with E-state index in [9.17, 15) is 18.1 Å². The van der Waals surface area contributed by atoms with Crippen molar-refractivity contribution in [2.45, 2.75) is 56.8 Å². The van der Waals surface area contributed by atoms with Gasteiger partial charge < -0.3 is 19.7 Å². The minimum Gasteiger partial charge on any atom is -0.420 e. The quantitative estimate of drug-likeness (QED) is 0.137. The van der Waals surface area contributed by atoms with Crippen LogP contribution in [0.5, 0.6) is 5.75 Å². The maximum Gasteiger partial charge on any atom is 0.487 e. The molecule has 2 saturated heterocycles. The standard InChI is InChI=1S/C33H33ClF2N5O7P/c34-33(35,36)47-26-10-8-25(9-11-26)39-32(42)24-17-28(29-12-14-38-41(29)30-7-3-4-16-44-30)31(37-18-24)40-15-13-27(19-40)48-49(43)45-20-22-5-1-2-6-23(22)21-46-49/h1-2,5-6,8-12,14,17-18,27,30H,3-4,7,13,15-16,19-21H2,(H,39,42)/t27-,30?/m1/s1. The molecule has 5 heterocycles. The second-order valence-electron chi connectivity index (χ2n) is 11.8. The number of aromatic nitrogens is 3. The van der Waals surface area contributed by atoms with Crippen LogP contribution in [0.1, 0.15) is 53.4 Å². The molecule has 49 heavy (non-hydrogen) atoms. The van der Waals surface area contributed by atoms with E-state index in [0.29, 0.717) is 48.9 Å². The number of nitrogens with one attached hydrogen (secondary N) is 1. The van der Waals surface area contributed by atoms with Gasteiger partial charge in [-0.15, -0.1) is 8.78 Å². The van der Waals surface area contributed by atoms with Gasteiger partial charge in [-0.05, 0) is 73.2 Å². The number of phosphoric ester groups is 1. The van der Waals surface area contributed by atoms with E-state index in [4.69, 9.17) is 34.9 Å². The Morgan fingerprint density at radius 2 is 1.80 bits per heavy atom. The van der Waals surface area contributed by atoms with Crippen LogP contribution in [0.15, 0.2) is 73.1 Å². The van der Waals surface area contributed by atoms with E-state index in [1.807, 2.05) is 35.2 Å². The fourth-order valence-corrected chi connectivity index (χ4v) is 7.48. The molecular weight excluding hydrogens is 683 g/mol. The predicted molar refractivity (Wildman–Crippen MR) is 175 cm³/mol. The fourth-order valence-electron chi connectivity index (χ4n) is 6.06. The molecule has 1 amide bonds. The lowest BCUT2D eigenvalue weighted by molar-refractivity contribution is -0.0964. The zero-order valence-corrected chi connectivity index (χ0v) is 27.8. The van der Waals surface area contributed by atoms with Crippen LogP contribution in [0.25, 0.3) is 11.3 Å². The predicted octanol–water partition coefficient (Wildman–Crippen LogP) is 7.51. The monoisotopic (exact) mass is 715 g/mol. The number of carbonyl (C=O) groups excluding carboxylic acids is 1. The van der Waals surface area contributed by atoms with Gasteiger partial charge in [0.05, 0.1) is 30.6 Å². The van der Waals surface area contributed by atoms with E-state index in [2.05, 4.69) is 15.2 Å². The Labute approximate surface area is 285 Å². The van der Waals surface area contributed by atoms with Crippen LogP contribution < -0.4 is 15.0 Å². The molecule has 0 aliphatic carbocycles. The van der Waals surface area contributed by atoms with Crippen molar-refractivity contribution in [3.8, 4) is 17.0 Å². The number of nitrogens with zero attached hydrogens (tertiary/aromatic N) is 4. The zero-order valence-electron chi connectivity index (χ0n) is 26.2. The molecule has 0 spiro atoms. The van der Waals surface area contributed by atoms with Crippen molar-refractivity contribution >= 4 is 36.8 Å². The SMILES string of the molecule is O=C(Nc1ccc(OC(F)(F)Cl)cc1)c1cnc(N2CC[C@@H](OP3(=O)OCc4ccccc4CO3)C2)c(-c2ccnn2C2CCCCO2)c1. The number of alkyl halides is 3. The van der Waals surface area contributed by atoms with E-state index < -0.39 is 25.4 Å². The summed E-state index contributed by atoms with van der Waals surface area (Å²) in [6.07, 6.45) is 5.67. The highest BCUT2D eigenvalue weighted by molar-refractivity contribution is 7.48. The Hall–Kier alpha value is -3.91. The molecule has 16 heteroatoms. The van der Waals surface area contributed by atoms with E-state index >= 15 is 0 Å². The largest absolute Gasteiger partial charge is 0.487 e. The second-order valence-corrected chi connectivity index (χ2v) is 13.9. The summed E-state index contributed by atoms with van der Waals surface area (Å²) in [6, 6.07) is 16.5. The van der Waals surface area contributed by atoms with Gasteiger partial charge in [-0.1, -0.05) is 24.3 Å². The molecule has 0 radical (unpaired) electrons. The number of hydrogen-bond acceptors (Lipinski definition) is 10. The number of hydrogen-bond donors (Lipinski definition) is 1. The van der Waals surface area contributed by atoms with Crippen LogP contribution >= 0.6 is 19.4 Å². The average molecular weight is 716 g/mol. The number of anilines is 2. The number of carbonyl (C=O) groups is 1. The molecule has 3 aliphatic rings. The molecule has 4 aromatic rings. The summed E-state index contributed by atoms with van der Waals surface area (Å²) >= 11 is 4.85. The molecule has 3 aliphatic heterocycles. The summed E-state index contributed by atoms with van der Waals surface area (Å²) in [5.41, 5.74) is -0.116. The number of fused-ring (bicyclic) bond motifs is 1. The summed E-state index contributed by atoms with van der Waals surface area (Å²) in [5.74, 6) is -0.0530. The van der Waals surface area contributed by atoms with Gasteiger partial charge in [-0.2, -0.15) is 5.10 Å². The Kier molecular flexibility index (Phi) is 9.69. The number of benzene rings is 2. The summed E-state index contributed by atoms with van der Waals surface area (Å²) in [7, 11) is -3.84. The molecule has 7 rings (SSSR count). The summed E-state index contributed by atoms with van der Waals surface area (Å²) < 4.78 is 69.1. The molecule has 2 aromatic heterocycles. The van der Waals surface area contributed by atoms with Gasteiger partial charge in [-0.3, -0.25) is 18.4 Å². The van der Waals surface area contributed by atoms with Crippen molar-refractivity contribution in [2.24, 2.45) is 0 Å². The minimum absolute atomic E-state index is 0.119. The first-order valence-corrected chi connectivity index (χ1v) is 17.7. The van der Waals surface area contributed by atoms with Gasteiger partial charge in [0.1, 0.15) is 11.6 Å². The van der Waals surface area contributed by atoms with E-state index in [-0.39, 0.29) is 30.8 Å². The van der Waals surface area contributed by atoms with Crippen molar-refractivity contribution in [1.29, 1.82) is 0 Å². The molecule has 12 nitrogen and oxygen atoms in total. The third-order valence-corrected chi connectivity index (χ3v) is 9.97. The molecule has 0 saturated carbocycles. The summed E-state index contributed by atoms with van der Waals surface area (Å²) in [4.78, 5) is 20.2. The third-order valence-electron chi connectivity index (χ3n) is 8.45. The lowest BCUT2D eigenvalue weighted by atomic mass is 10.1. The van der Waals surface area contributed by atoms with Crippen molar-refractivity contribution in [1.82, 2.24) is 14.8 Å². The number of amides is 1. The highest BCUT2D eigenvalue weighted by atomic mass is 35.5. The lowest BCUT2D eigenvalue weighted by Crippen LogP contribution is -2.25. The van der Waals surface area contributed by atoms with Gasteiger partial charge >= 0.3 is 13.4 Å². The van der Waals surface area contributed by atoms with Crippen molar-refractivity contribution in [2.75, 3.05) is 29.9 Å². The number of pyridine rings is 1. The van der Waals surface area contributed by atoms with Crippen molar-refractivity contribution < 1.29 is 41.2 Å². The van der Waals surface area contributed by atoms with Crippen LogP contribution in [0.3, 0.4) is 0 Å². The van der Waals surface area contributed by atoms with Crippen LogP contribution in [0.2, 0.25) is 0 Å². The Balaban J connectivity index is 1.12. The van der Waals surface area contributed by atoms with Crippen LogP contribution in [0, 0.1) is 0 Å². The number of phosphoric acid groups is 1. The highest BCUT2D eigenvalue weighted by Gasteiger charge is 2.37. The van der Waals surface area contributed by atoms with Gasteiger partial charge in [0.2, 0.25) is 0 Å². The van der Waals surface area contributed by atoms with Crippen LogP contribution in [-0.2, 0) is 36.1 Å². The number of ether oxygens (including phenoxy) is 2. The van der Waals surface area contributed by atoms with Crippen molar-refractivity contribution in [3.63, 3.8) is 0 Å². The smallest absolute Gasteiger partial charge is 0.420 e. The average Bonchev–Trinajstić information content (AvgIpc) is 3.74. The van der Waals surface area contributed by atoms with Gasteiger partial charge in [0.15, 0.2) is 6.23 Å². The molecule has 0 bridgehead atoms. The normalized spacial score (nSPS) is 20.8. The first-order valence-electron chi connectivity index (χ1n) is 15.8. The lowest BCUT2D eigenvalue weighted by Gasteiger charge is -2.26. The Morgan fingerprint density at radius 1 is 1.04 bits per heavy atom. The molecule has 1 unspecified atom stereocenters. The van der Waals surface area contributed by atoms with Gasteiger partial charge in [-0.25, -0.2) is 14.2 Å². The minimum atomic E-state index is -3.85. The first-order chi connectivity index (χ1) is 23.6. The highest BCUT2D eigenvalue weighted by Crippen LogP contribution is 2.54. The van der Waals surface area contributed by atoms with E-state index in [1.165, 1.54) is 30.5 Å². The number of halogens is 3. The Bertz CT molecular complexity index is 1820. The molecule has 1 N–H and O–H groups in total. The zero-order chi connectivity index (χ0) is 34.0. The fraction of sp³-hybridized carbons (Fsp3) is 0.364. The Morgan fingerprint density at radius 3 is 2.49 bits per heavy atom. The second kappa shape index (κ2) is 14.1. The molecule has 2 atom stereocenters. The molecule has 2 fully saturated rings. The molecule has 258 valence electrons. The van der Waals surface area contributed by atoms with E-state index in [1.54, 1.807) is 16.9 Å². The van der Waals surface area contributed by atoms with Crippen LogP contribution in [0.4, 0.5) is 20.3 Å². The summed E-state index contributed by atoms with van der Waals surface area (Å²) in [5, 5.41) is 7.32. The maximum absolute atomic E-state index is 13.5. The summed E-state index contributed by atoms with van der Waals surface area (Å²) in [6.45, 7) is 1.73. The third kappa shape index (κ3) is 7.95. The topological polar surface area (TPSA) is 126 Å². The van der Waals surface area contributed by atoms with Gasteiger partial charge in [0, 0.05) is 54.9 Å². The number of rotatable bonds is 9. The van der Waals surface area contributed by atoms with E-state index in [0.717, 1.165) is 30.4 Å². The van der Waals surface area contributed by atoms with Crippen LogP contribution in [-0.4, -0.2) is 52.0 Å². The maximum atomic E-state index is 13.5. The first kappa shape index (κ1) is 33.6. The van der Waals surface area contributed by atoms with Crippen molar-refractivity contribution in [3.05, 3.63) is 89.7 Å². The van der Waals surface area contributed by atoms with Gasteiger partial charge in [0.25, 0.3) is 5.91 Å².